The Morgan fingerprint density at radius 2 is 1.68 bits per heavy atom. The molecule has 5 rings (SSSR count). The molecule has 28 heavy (non-hydrogen) atoms. The van der Waals surface area contributed by atoms with E-state index in [9.17, 15) is 9.90 Å². The Labute approximate surface area is 159 Å². The number of pyridine rings is 2. The molecule has 0 aliphatic heterocycles. The van der Waals surface area contributed by atoms with E-state index >= 15 is 0 Å². The van der Waals surface area contributed by atoms with Crippen molar-refractivity contribution in [2.45, 2.75) is 6.92 Å². The predicted octanol–water partition coefficient (Wildman–Crippen LogP) is 4.15. The smallest absolute Gasteiger partial charge is 0.258 e. The second kappa shape index (κ2) is 6.06. The van der Waals surface area contributed by atoms with Crippen molar-refractivity contribution >= 4 is 21.8 Å². The Hall–Kier alpha value is -3.93. The average molecular weight is 368 g/mol. The number of rotatable bonds is 2. The van der Waals surface area contributed by atoms with Crippen LogP contribution < -0.4 is 5.56 Å². The van der Waals surface area contributed by atoms with Crippen LogP contribution in [0.2, 0.25) is 0 Å². The number of nitrogens with zero attached hydrogens (tertiary/aromatic N) is 2. The molecule has 3 aromatic heterocycles. The number of phenols is 1. The number of phenolic OH excluding ortho intramolecular Hbond substituents is 1. The highest BCUT2D eigenvalue weighted by molar-refractivity contribution is 6.11. The van der Waals surface area contributed by atoms with Crippen molar-refractivity contribution in [2.75, 3.05) is 0 Å². The summed E-state index contributed by atoms with van der Waals surface area (Å²) in [5, 5.41) is 19.0. The van der Waals surface area contributed by atoms with Gasteiger partial charge in [-0.1, -0.05) is 30.3 Å². The van der Waals surface area contributed by atoms with Gasteiger partial charge in [0.1, 0.15) is 5.75 Å². The topological polar surface area (TPSA) is 94.7 Å². The molecule has 0 radical (unpaired) electrons. The molecule has 0 amide bonds. The fraction of sp³-hybridized carbons (Fsp3) is 0.0455. The first-order valence-corrected chi connectivity index (χ1v) is 8.88. The number of nitrogens with one attached hydrogen (secondary N) is 2. The quantitative estimate of drug-likeness (QED) is 0.436. The van der Waals surface area contributed by atoms with Gasteiger partial charge in [-0.2, -0.15) is 5.10 Å². The second-order valence-electron chi connectivity index (χ2n) is 6.72. The van der Waals surface area contributed by atoms with Crippen LogP contribution in [0.25, 0.3) is 44.3 Å². The molecule has 0 fully saturated rings. The molecule has 2 aromatic carbocycles. The van der Waals surface area contributed by atoms with E-state index < -0.39 is 0 Å². The number of hydrogen-bond donors (Lipinski definition) is 3. The summed E-state index contributed by atoms with van der Waals surface area (Å²) in [6.07, 6.45) is 0. The molecule has 0 spiro atoms. The van der Waals surface area contributed by atoms with Gasteiger partial charge in [0.05, 0.1) is 11.1 Å². The van der Waals surface area contributed by atoms with Crippen LogP contribution in [-0.2, 0) is 0 Å². The van der Waals surface area contributed by atoms with Crippen molar-refractivity contribution in [3.05, 3.63) is 76.7 Å². The number of H-pyrrole nitrogens is 2. The van der Waals surface area contributed by atoms with Crippen molar-refractivity contribution in [3.8, 4) is 28.3 Å². The van der Waals surface area contributed by atoms with Crippen molar-refractivity contribution < 1.29 is 5.11 Å². The van der Waals surface area contributed by atoms with E-state index in [1.54, 1.807) is 24.3 Å². The van der Waals surface area contributed by atoms with Crippen molar-refractivity contribution in [1.29, 1.82) is 0 Å². The second-order valence-corrected chi connectivity index (χ2v) is 6.72. The maximum absolute atomic E-state index is 13.1. The van der Waals surface area contributed by atoms with Gasteiger partial charge in [-0.15, -0.1) is 0 Å². The van der Waals surface area contributed by atoms with E-state index in [1.807, 2.05) is 43.3 Å². The minimum absolute atomic E-state index is 0.157. The predicted molar refractivity (Wildman–Crippen MR) is 109 cm³/mol. The number of hydrogen-bond acceptors (Lipinski definition) is 4. The molecule has 0 aliphatic rings. The SMILES string of the molecule is Cc1[nH]nc2nc(-c3ccc(O)cc3)c3c(=O)[nH]c(-c4ccccc4)cc3c12. The van der Waals surface area contributed by atoms with Gasteiger partial charge in [-0.05, 0) is 42.8 Å². The maximum Gasteiger partial charge on any atom is 0.258 e. The third-order valence-electron chi connectivity index (χ3n) is 4.91. The van der Waals surface area contributed by atoms with Crippen LogP contribution >= 0.6 is 0 Å². The Balaban J connectivity index is 1.92. The fourth-order valence-corrected chi connectivity index (χ4v) is 3.57. The summed E-state index contributed by atoms with van der Waals surface area (Å²) in [6, 6.07) is 18.3. The van der Waals surface area contributed by atoms with Crippen molar-refractivity contribution in [3.63, 3.8) is 0 Å². The van der Waals surface area contributed by atoms with Gasteiger partial charge in [-0.25, -0.2) is 4.98 Å². The molecule has 0 saturated carbocycles. The highest BCUT2D eigenvalue weighted by Crippen LogP contribution is 2.33. The van der Waals surface area contributed by atoms with Gasteiger partial charge in [-0.3, -0.25) is 9.89 Å². The summed E-state index contributed by atoms with van der Waals surface area (Å²) in [7, 11) is 0. The summed E-state index contributed by atoms with van der Waals surface area (Å²) in [6.45, 7) is 1.92. The molecule has 6 heteroatoms. The first kappa shape index (κ1) is 16.3. The molecular weight excluding hydrogens is 352 g/mol. The lowest BCUT2D eigenvalue weighted by Crippen LogP contribution is -2.10. The van der Waals surface area contributed by atoms with Gasteiger partial charge in [0.25, 0.3) is 5.56 Å². The number of aryl methyl sites for hydroxylation is 1. The fourth-order valence-electron chi connectivity index (χ4n) is 3.57. The molecular formula is C22H16N4O2. The maximum atomic E-state index is 13.1. The minimum Gasteiger partial charge on any atom is -0.508 e. The molecule has 3 heterocycles. The Bertz CT molecular complexity index is 1380. The lowest BCUT2D eigenvalue weighted by atomic mass is 10.0. The zero-order chi connectivity index (χ0) is 19.3. The van der Waals surface area contributed by atoms with Crippen LogP contribution in [0, 0.1) is 6.92 Å². The number of aromatic hydroxyl groups is 1. The number of fused-ring (bicyclic) bond motifs is 3. The summed E-state index contributed by atoms with van der Waals surface area (Å²) >= 11 is 0. The normalized spacial score (nSPS) is 11.3. The number of aromatic nitrogens is 4. The first-order chi connectivity index (χ1) is 13.6. The van der Waals surface area contributed by atoms with Crippen molar-refractivity contribution in [1.82, 2.24) is 20.2 Å². The zero-order valence-electron chi connectivity index (χ0n) is 15.0. The summed E-state index contributed by atoms with van der Waals surface area (Å²) in [5.41, 5.74) is 4.14. The lowest BCUT2D eigenvalue weighted by Gasteiger charge is -2.10. The molecule has 0 aliphatic carbocycles. The minimum atomic E-state index is -0.213. The number of benzene rings is 2. The van der Waals surface area contributed by atoms with Gasteiger partial charge in [0.2, 0.25) is 0 Å². The summed E-state index contributed by atoms with van der Waals surface area (Å²) < 4.78 is 0. The van der Waals surface area contributed by atoms with Crippen LogP contribution in [-0.4, -0.2) is 25.3 Å². The Kier molecular flexibility index (Phi) is 3.52. The molecule has 5 aromatic rings. The summed E-state index contributed by atoms with van der Waals surface area (Å²) in [4.78, 5) is 20.8. The monoisotopic (exact) mass is 368 g/mol. The third-order valence-corrected chi connectivity index (χ3v) is 4.91. The van der Waals surface area contributed by atoms with Crippen LogP contribution in [0.4, 0.5) is 0 Å². The van der Waals surface area contributed by atoms with E-state index in [-0.39, 0.29) is 11.3 Å². The molecule has 6 nitrogen and oxygen atoms in total. The first-order valence-electron chi connectivity index (χ1n) is 8.88. The highest BCUT2D eigenvalue weighted by Gasteiger charge is 2.18. The van der Waals surface area contributed by atoms with E-state index in [1.165, 1.54) is 0 Å². The Morgan fingerprint density at radius 1 is 0.929 bits per heavy atom. The lowest BCUT2D eigenvalue weighted by molar-refractivity contribution is 0.475. The van der Waals surface area contributed by atoms with Crippen LogP contribution in [0.3, 0.4) is 0 Å². The zero-order valence-corrected chi connectivity index (χ0v) is 15.0. The standard InChI is InChI=1S/C22H16N4O2/c1-12-18-16-11-17(13-5-3-2-4-6-13)23-22(28)19(16)20(24-21(18)26-25-12)14-7-9-15(27)10-8-14/h2-11,27H,1H3,(H,23,28)(H,24,25,26). The van der Waals surface area contributed by atoms with E-state index in [0.29, 0.717) is 16.7 Å². The molecule has 3 N–H and O–H groups in total. The van der Waals surface area contributed by atoms with Gasteiger partial charge < -0.3 is 10.1 Å². The molecule has 136 valence electrons. The van der Waals surface area contributed by atoms with E-state index in [0.717, 1.165) is 33.3 Å². The molecule has 0 saturated heterocycles. The molecule has 0 unspecified atom stereocenters. The highest BCUT2D eigenvalue weighted by atomic mass is 16.3. The largest absolute Gasteiger partial charge is 0.508 e. The van der Waals surface area contributed by atoms with Crippen LogP contribution in [0.1, 0.15) is 5.69 Å². The average Bonchev–Trinajstić information content (AvgIpc) is 3.09. The third kappa shape index (κ3) is 2.46. The van der Waals surface area contributed by atoms with E-state index in [4.69, 9.17) is 0 Å². The van der Waals surface area contributed by atoms with Crippen LogP contribution in [0.15, 0.2) is 65.5 Å². The number of aromatic amines is 2. The molecule has 0 bridgehead atoms. The van der Waals surface area contributed by atoms with Crippen LogP contribution in [0.5, 0.6) is 5.75 Å². The van der Waals surface area contributed by atoms with E-state index in [2.05, 4.69) is 20.2 Å². The van der Waals surface area contributed by atoms with Gasteiger partial charge >= 0.3 is 0 Å². The summed E-state index contributed by atoms with van der Waals surface area (Å²) in [5.74, 6) is 0.157. The van der Waals surface area contributed by atoms with Gasteiger partial charge in [0.15, 0.2) is 5.65 Å². The van der Waals surface area contributed by atoms with Gasteiger partial charge in [0, 0.05) is 27.7 Å². The molecule has 0 atom stereocenters. The van der Waals surface area contributed by atoms with Crippen molar-refractivity contribution in [2.24, 2.45) is 0 Å². The Morgan fingerprint density at radius 3 is 2.43 bits per heavy atom.